The van der Waals surface area contributed by atoms with Gasteiger partial charge in [0, 0.05) is 24.7 Å². The van der Waals surface area contributed by atoms with E-state index in [1.54, 1.807) is 6.92 Å². The van der Waals surface area contributed by atoms with Gasteiger partial charge in [-0.1, -0.05) is 19.8 Å². The summed E-state index contributed by atoms with van der Waals surface area (Å²) < 4.78 is 25.6. The molecule has 25 heavy (non-hydrogen) atoms. The van der Waals surface area contributed by atoms with Crippen molar-refractivity contribution in [1.82, 2.24) is 9.62 Å². The van der Waals surface area contributed by atoms with Gasteiger partial charge in [0.25, 0.3) is 21.8 Å². The SMILES string of the molecule is CCCCC(CN)NC(=O)c1ccc2c(c1)S(=O)(=O)N(CC)C2=O.Cl. The Morgan fingerprint density at radius 2 is 2.00 bits per heavy atom. The molecular weight excluding hydrogens is 366 g/mol. The van der Waals surface area contributed by atoms with Crippen molar-refractivity contribution < 1.29 is 18.0 Å². The van der Waals surface area contributed by atoms with Gasteiger partial charge >= 0.3 is 0 Å². The number of carbonyl (C=O) groups is 2. The van der Waals surface area contributed by atoms with Crippen LogP contribution < -0.4 is 11.1 Å². The van der Waals surface area contributed by atoms with Gasteiger partial charge in [0.05, 0.1) is 5.56 Å². The average Bonchev–Trinajstić information content (AvgIpc) is 2.76. The number of carbonyl (C=O) groups excluding carboxylic acids is 2. The Kier molecular flexibility index (Phi) is 7.40. The first-order valence-corrected chi connectivity index (χ1v) is 9.52. The highest BCUT2D eigenvalue weighted by atomic mass is 35.5. The maximum atomic E-state index is 12.4. The molecule has 0 saturated carbocycles. The van der Waals surface area contributed by atoms with E-state index < -0.39 is 15.9 Å². The summed E-state index contributed by atoms with van der Waals surface area (Å²) in [6.07, 6.45) is 2.71. The number of unbranched alkanes of at least 4 members (excludes halogenated alkanes) is 1. The summed E-state index contributed by atoms with van der Waals surface area (Å²) in [7, 11) is -3.87. The Balaban J connectivity index is 0.00000312. The van der Waals surface area contributed by atoms with Gasteiger partial charge in [-0.3, -0.25) is 9.59 Å². The predicted octanol–water partition coefficient (Wildman–Crippen LogP) is 1.52. The Hall–Kier alpha value is -1.64. The summed E-state index contributed by atoms with van der Waals surface area (Å²) in [5, 5.41) is 2.82. The fraction of sp³-hybridized carbons (Fsp3) is 0.500. The second kappa shape index (κ2) is 8.64. The maximum Gasteiger partial charge on any atom is 0.268 e. The van der Waals surface area contributed by atoms with E-state index in [1.165, 1.54) is 18.2 Å². The van der Waals surface area contributed by atoms with Gasteiger partial charge < -0.3 is 11.1 Å². The molecular formula is C16H24ClN3O4S. The molecule has 2 rings (SSSR count). The molecule has 0 radical (unpaired) electrons. The minimum atomic E-state index is -3.87. The number of nitrogens with one attached hydrogen (secondary N) is 1. The maximum absolute atomic E-state index is 12.4. The van der Waals surface area contributed by atoms with E-state index in [-0.39, 0.29) is 46.9 Å². The molecule has 9 heteroatoms. The third-order valence-electron chi connectivity index (χ3n) is 4.08. The van der Waals surface area contributed by atoms with E-state index in [1.807, 2.05) is 0 Å². The molecule has 1 unspecified atom stereocenters. The van der Waals surface area contributed by atoms with Crippen LogP contribution in [0.25, 0.3) is 0 Å². The summed E-state index contributed by atoms with van der Waals surface area (Å²) in [6, 6.07) is 3.97. The van der Waals surface area contributed by atoms with Crippen molar-refractivity contribution in [1.29, 1.82) is 0 Å². The standard InChI is InChI=1S/C16H23N3O4S.ClH/c1-3-5-6-12(10-17)18-15(20)11-7-8-13-14(9-11)24(22,23)19(4-2)16(13)21;/h7-9,12H,3-6,10,17H2,1-2H3,(H,18,20);1H. The van der Waals surface area contributed by atoms with Gasteiger partial charge in [0.1, 0.15) is 4.90 Å². The van der Waals surface area contributed by atoms with E-state index in [0.29, 0.717) is 6.54 Å². The van der Waals surface area contributed by atoms with Crippen LogP contribution in [-0.4, -0.2) is 43.7 Å². The molecule has 0 saturated heterocycles. The summed E-state index contributed by atoms with van der Waals surface area (Å²) in [5.41, 5.74) is 5.98. The number of rotatable bonds is 7. The smallest absolute Gasteiger partial charge is 0.268 e. The summed E-state index contributed by atoms with van der Waals surface area (Å²) in [5.74, 6) is -0.941. The zero-order valence-electron chi connectivity index (χ0n) is 14.3. The largest absolute Gasteiger partial charge is 0.348 e. The van der Waals surface area contributed by atoms with Crippen molar-refractivity contribution in [2.45, 2.75) is 44.0 Å². The Morgan fingerprint density at radius 3 is 2.56 bits per heavy atom. The van der Waals surface area contributed by atoms with Crippen LogP contribution in [0.15, 0.2) is 23.1 Å². The molecule has 140 valence electrons. The lowest BCUT2D eigenvalue weighted by Crippen LogP contribution is -2.40. The average molecular weight is 390 g/mol. The fourth-order valence-corrected chi connectivity index (χ4v) is 4.30. The lowest BCUT2D eigenvalue weighted by atomic mass is 10.1. The molecule has 0 fully saturated rings. The normalized spacial score (nSPS) is 16.1. The molecule has 7 nitrogen and oxygen atoms in total. The minimum Gasteiger partial charge on any atom is -0.348 e. The molecule has 3 N–H and O–H groups in total. The Labute approximate surface area is 154 Å². The molecule has 2 amide bonds. The molecule has 1 aromatic carbocycles. The van der Waals surface area contributed by atoms with Crippen LogP contribution in [0.3, 0.4) is 0 Å². The van der Waals surface area contributed by atoms with Crippen LogP contribution in [0.4, 0.5) is 0 Å². The first-order chi connectivity index (χ1) is 11.4. The number of nitrogens with zero attached hydrogens (tertiary/aromatic N) is 1. The second-order valence-electron chi connectivity index (χ2n) is 5.73. The number of amides is 2. The first-order valence-electron chi connectivity index (χ1n) is 8.08. The lowest BCUT2D eigenvalue weighted by Gasteiger charge is -2.16. The first kappa shape index (κ1) is 21.4. The number of nitrogens with two attached hydrogens (primary N) is 1. The topological polar surface area (TPSA) is 110 Å². The van der Waals surface area contributed by atoms with E-state index in [0.717, 1.165) is 23.6 Å². The van der Waals surface area contributed by atoms with Gasteiger partial charge in [0.15, 0.2) is 0 Å². The molecule has 1 aromatic rings. The summed E-state index contributed by atoms with van der Waals surface area (Å²) in [4.78, 5) is 24.3. The summed E-state index contributed by atoms with van der Waals surface area (Å²) >= 11 is 0. The monoisotopic (exact) mass is 389 g/mol. The van der Waals surface area contributed by atoms with Gasteiger partial charge in [-0.2, -0.15) is 0 Å². The van der Waals surface area contributed by atoms with Crippen molar-refractivity contribution in [3.8, 4) is 0 Å². The highest BCUT2D eigenvalue weighted by Gasteiger charge is 2.40. The van der Waals surface area contributed by atoms with Gasteiger partial charge in [0.2, 0.25) is 0 Å². The van der Waals surface area contributed by atoms with Crippen LogP contribution in [-0.2, 0) is 10.0 Å². The third kappa shape index (κ3) is 4.13. The Bertz CT molecular complexity index is 752. The number of hydrogen-bond donors (Lipinski definition) is 2. The molecule has 0 bridgehead atoms. The molecule has 1 aliphatic rings. The number of halogens is 1. The molecule has 0 spiro atoms. The molecule has 0 aliphatic carbocycles. The van der Waals surface area contributed by atoms with Crippen molar-refractivity contribution in [3.63, 3.8) is 0 Å². The summed E-state index contributed by atoms with van der Waals surface area (Å²) in [6.45, 7) is 4.02. The van der Waals surface area contributed by atoms with Crippen molar-refractivity contribution in [3.05, 3.63) is 29.3 Å². The van der Waals surface area contributed by atoms with Crippen molar-refractivity contribution in [2.75, 3.05) is 13.1 Å². The zero-order chi connectivity index (χ0) is 17.9. The van der Waals surface area contributed by atoms with Gasteiger partial charge in [-0.05, 0) is 31.5 Å². The van der Waals surface area contributed by atoms with E-state index in [9.17, 15) is 18.0 Å². The van der Waals surface area contributed by atoms with Crippen molar-refractivity contribution in [2.24, 2.45) is 5.73 Å². The van der Waals surface area contributed by atoms with Crippen LogP contribution >= 0.6 is 12.4 Å². The van der Waals surface area contributed by atoms with Crippen LogP contribution in [0, 0.1) is 0 Å². The highest BCUT2D eigenvalue weighted by molar-refractivity contribution is 7.90. The van der Waals surface area contributed by atoms with Gasteiger partial charge in [-0.15, -0.1) is 12.4 Å². The molecule has 0 aromatic heterocycles. The number of sulfonamides is 1. The third-order valence-corrected chi connectivity index (χ3v) is 5.98. The van der Waals surface area contributed by atoms with Crippen LogP contribution in [0.5, 0.6) is 0 Å². The van der Waals surface area contributed by atoms with Gasteiger partial charge in [-0.25, -0.2) is 12.7 Å². The predicted molar refractivity (Wildman–Crippen MR) is 97.4 cm³/mol. The van der Waals surface area contributed by atoms with E-state index in [2.05, 4.69) is 12.2 Å². The minimum absolute atomic E-state index is 0. The molecule has 1 atom stereocenters. The molecule has 1 heterocycles. The Morgan fingerprint density at radius 1 is 1.32 bits per heavy atom. The lowest BCUT2D eigenvalue weighted by molar-refractivity contribution is 0.0873. The highest BCUT2D eigenvalue weighted by Crippen LogP contribution is 2.30. The second-order valence-corrected chi connectivity index (χ2v) is 7.56. The molecule has 1 aliphatic heterocycles. The fourth-order valence-electron chi connectivity index (χ4n) is 2.70. The number of hydrogen-bond acceptors (Lipinski definition) is 5. The number of fused-ring (bicyclic) bond motifs is 1. The zero-order valence-corrected chi connectivity index (χ0v) is 16.0. The van der Waals surface area contributed by atoms with E-state index in [4.69, 9.17) is 5.73 Å². The van der Waals surface area contributed by atoms with E-state index >= 15 is 0 Å². The number of benzene rings is 1. The van der Waals surface area contributed by atoms with Crippen LogP contribution in [0.2, 0.25) is 0 Å². The van der Waals surface area contributed by atoms with Crippen molar-refractivity contribution >= 4 is 34.2 Å². The van der Waals surface area contributed by atoms with Crippen LogP contribution in [0.1, 0.15) is 53.8 Å². The quantitative estimate of drug-likeness (QED) is 0.734.